The highest BCUT2D eigenvalue weighted by Crippen LogP contribution is 2.08. The number of carboxylic acids is 1. The molecule has 0 aromatic rings. The van der Waals surface area contributed by atoms with Crippen LogP contribution in [-0.4, -0.2) is 41.1 Å². The summed E-state index contributed by atoms with van der Waals surface area (Å²) in [5.41, 5.74) is -0.812. The molecule has 7 heteroatoms. The van der Waals surface area contributed by atoms with Gasteiger partial charge in [0.05, 0.1) is 6.42 Å². The number of amides is 3. The van der Waals surface area contributed by atoms with Gasteiger partial charge in [0.1, 0.15) is 0 Å². The van der Waals surface area contributed by atoms with Crippen molar-refractivity contribution in [3.8, 4) is 0 Å². The molecule has 1 heterocycles. The van der Waals surface area contributed by atoms with Crippen LogP contribution in [0.25, 0.3) is 0 Å². The van der Waals surface area contributed by atoms with Crippen LogP contribution in [0.4, 0.5) is 4.79 Å². The summed E-state index contributed by atoms with van der Waals surface area (Å²) in [6, 6.07) is -0.522. The number of hydrogen-bond acceptors (Lipinski definition) is 3. The van der Waals surface area contributed by atoms with Crippen LogP contribution < -0.4 is 16.0 Å². The quantitative estimate of drug-likeness (QED) is 0.560. The van der Waals surface area contributed by atoms with Crippen LogP contribution in [0, 0.1) is 0 Å². The number of aliphatic carboxylic acids is 1. The van der Waals surface area contributed by atoms with E-state index in [1.807, 2.05) is 0 Å². The second-order valence-corrected chi connectivity index (χ2v) is 5.09. The number of rotatable bonds is 4. The zero-order chi connectivity index (χ0) is 13.8. The molecule has 0 bridgehead atoms. The maximum Gasteiger partial charge on any atom is 0.315 e. The highest BCUT2D eigenvalue weighted by molar-refractivity contribution is 5.79. The molecule has 1 saturated heterocycles. The van der Waals surface area contributed by atoms with Gasteiger partial charge in [0.2, 0.25) is 5.91 Å². The molecule has 1 aliphatic heterocycles. The van der Waals surface area contributed by atoms with E-state index in [2.05, 4.69) is 16.0 Å². The zero-order valence-corrected chi connectivity index (χ0v) is 10.6. The van der Waals surface area contributed by atoms with E-state index in [-0.39, 0.29) is 18.4 Å². The molecule has 1 fully saturated rings. The molecule has 18 heavy (non-hydrogen) atoms. The van der Waals surface area contributed by atoms with Crippen molar-refractivity contribution in [1.29, 1.82) is 0 Å². The monoisotopic (exact) mass is 257 g/mol. The van der Waals surface area contributed by atoms with E-state index >= 15 is 0 Å². The van der Waals surface area contributed by atoms with Crippen LogP contribution in [-0.2, 0) is 9.59 Å². The third-order valence-electron chi connectivity index (χ3n) is 2.65. The van der Waals surface area contributed by atoms with Crippen molar-refractivity contribution in [2.45, 2.75) is 44.7 Å². The van der Waals surface area contributed by atoms with Crippen molar-refractivity contribution < 1.29 is 19.5 Å². The van der Waals surface area contributed by atoms with Crippen LogP contribution in [0.5, 0.6) is 0 Å². The summed E-state index contributed by atoms with van der Waals surface area (Å²) in [4.78, 5) is 33.2. The third kappa shape index (κ3) is 5.03. The average molecular weight is 257 g/mol. The highest BCUT2D eigenvalue weighted by Gasteiger charge is 2.26. The van der Waals surface area contributed by atoms with Gasteiger partial charge in [-0.2, -0.15) is 0 Å². The molecule has 1 rings (SSSR count). The van der Waals surface area contributed by atoms with E-state index in [0.29, 0.717) is 19.4 Å². The first kappa shape index (κ1) is 14.3. The summed E-state index contributed by atoms with van der Waals surface area (Å²) in [6.45, 7) is 3.69. The second kappa shape index (κ2) is 5.70. The van der Waals surface area contributed by atoms with Gasteiger partial charge in [0, 0.05) is 24.5 Å². The number of carbonyl (C=O) groups excluding carboxylic acids is 2. The predicted octanol–water partition coefficient (Wildman–Crippen LogP) is -0.182. The molecule has 0 aromatic carbocycles. The zero-order valence-electron chi connectivity index (χ0n) is 10.6. The smallest absolute Gasteiger partial charge is 0.315 e. The number of nitrogens with one attached hydrogen (secondary N) is 3. The maximum absolute atomic E-state index is 11.7. The SMILES string of the molecule is CC(C)(CC(=O)O)NC(=O)NC1CCC(=O)NC1. The first-order chi connectivity index (χ1) is 8.28. The average Bonchev–Trinajstić information content (AvgIpc) is 2.18. The summed E-state index contributed by atoms with van der Waals surface area (Å²) in [5.74, 6) is -0.982. The minimum absolute atomic E-state index is 0.0142. The van der Waals surface area contributed by atoms with Crippen molar-refractivity contribution in [3.05, 3.63) is 0 Å². The lowest BCUT2D eigenvalue weighted by Crippen LogP contribution is -2.55. The summed E-state index contributed by atoms with van der Waals surface area (Å²) < 4.78 is 0. The minimum atomic E-state index is -0.967. The van der Waals surface area contributed by atoms with Crippen molar-refractivity contribution in [1.82, 2.24) is 16.0 Å². The van der Waals surface area contributed by atoms with E-state index in [0.717, 1.165) is 0 Å². The molecule has 3 amide bonds. The first-order valence-electron chi connectivity index (χ1n) is 5.86. The Morgan fingerprint density at radius 1 is 1.50 bits per heavy atom. The fourth-order valence-corrected chi connectivity index (χ4v) is 1.81. The molecular formula is C11H19N3O4. The van der Waals surface area contributed by atoms with E-state index < -0.39 is 17.5 Å². The molecule has 4 N–H and O–H groups in total. The molecular weight excluding hydrogens is 238 g/mol. The molecule has 0 radical (unpaired) electrons. The van der Waals surface area contributed by atoms with E-state index in [1.54, 1.807) is 13.8 Å². The Hall–Kier alpha value is -1.79. The van der Waals surface area contributed by atoms with Gasteiger partial charge in [-0.15, -0.1) is 0 Å². The number of urea groups is 1. The number of piperidine rings is 1. The molecule has 0 saturated carbocycles. The maximum atomic E-state index is 11.7. The van der Waals surface area contributed by atoms with Gasteiger partial charge in [-0.05, 0) is 20.3 Å². The van der Waals surface area contributed by atoms with E-state index in [4.69, 9.17) is 5.11 Å². The Kier molecular flexibility index (Phi) is 4.52. The van der Waals surface area contributed by atoms with Crippen LogP contribution >= 0.6 is 0 Å². The normalized spacial score (nSPS) is 19.9. The number of carboxylic acid groups (broad SMARTS) is 1. The highest BCUT2D eigenvalue weighted by atomic mass is 16.4. The second-order valence-electron chi connectivity index (χ2n) is 5.09. The summed E-state index contributed by atoms with van der Waals surface area (Å²) in [6.07, 6.45) is 0.837. The molecule has 1 atom stereocenters. The van der Waals surface area contributed by atoms with Crippen molar-refractivity contribution in [2.24, 2.45) is 0 Å². The van der Waals surface area contributed by atoms with Gasteiger partial charge >= 0.3 is 12.0 Å². The standard InChI is InChI=1S/C11H19N3O4/c1-11(2,5-9(16)17)14-10(18)13-7-3-4-8(15)12-6-7/h7H,3-6H2,1-2H3,(H,12,15)(H,16,17)(H2,13,14,18). The topological polar surface area (TPSA) is 108 Å². The fourth-order valence-electron chi connectivity index (χ4n) is 1.81. The number of hydrogen-bond donors (Lipinski definition) is 4. The van der Waals surface area contributed by atoms with Gasteiger partial charge < -0.3 is 21.1 Å². The summed E-state index contributed by atoms with van der Waals surface area (Å²) in [7, 11) is 0. The molecule has 1 unspecified atom stereocenters. The molecule has 0 aromatic heterocycles. The van der Waals surface area contributed by atoms with Crippen molar-refractivity contribution in [3.63, 3.8) is 0 Å². The van der Waals surface area contributed by atoms with Gasteiger partial charge in [-0.25, -0.2) is 4.79 Å². The Balaban J connectivity index is 2.37. The Morgan fingerprint density at radius 3 is 2.67 bits per heavy atom. The summed E-state index contributed by atoms with van der Waals surface area (Å²) in [5, 5.41) is 16.7. The van der Waals surface area contributed by atoms with Crippen LogP contribution in [0.15, 0.2) is 0 Å². The van der Waals surface area contributed by atoms with Gasteiger partial charge in [-0.1, -0.05) is 0 Å². The molecule has 7 nitrogen and oxygen atoms in total. The van der Waals surface area contributed by atoms with Crippen molar-refractivity contribution in [2.75, 3.05) is 6.54 Å². The predicted molar refractivity (Wildman–Crippen MR) is 64.0 cm³/mol. The lowest BCUT2D eigenvalue weighted by molar-refractivity contribution is -0.138. The van der Waals surface area contributed by atoms with Crippen molar-refractivity contribution >= 4 is 17.9 Å². The number of carbonyl (C=O) groups is 3. The summed E-state index contributed by atoms with van der Waals surface area (Å²) >= 11 is 0. The van der Waals surface area contributed by atoms with E-state index in [1.165, 1.54) is 0 Å². The molecule has 102 valence electrons. The van der Waals surface area contributed by atoms with Gasteiger partial charge in [0.25, 0.3) is 0 Å². The van der Waals surface area contributed by atoms with Gasteiger partial charge in [-0.3, -0.25) is 9.59 Å². The van der Waals surface area contributed by atoms with Crippen LogP contribution in [0.1, 0.15) is 33.1 Å². The lowest BCUT2D eigenvalue weighted by atomic mass is 10.0. The largest absolute Gasteiger partial charge is 0.481 e. The Bertz CT molecular complexity index is 344. The van der Waals surface area contributed by atoms with Crippen LogP contribution in [0.2, 0.25) is 0 Å². The Labute approximate surface area is 105 Å². The van der Waals surface area contributed by atoms with Crippen LogP contribution in [0.3, 0.4) is 0 Å². The van der Waals surface area contributed by atoms with E-state index in [9.17, 15) is 14.4 Å². The Morgan fingerprint density at radius 2 is 2.17 bits per heavy atom. The fraction of sp³-hybridized carbons (Fsp3) is 0.727. The first-order valence-corrected chi connectivity index (χ1v) is 5.86. The molecule has 0 spiro atoms. The minimum Gasteiger partial charge on any atom is -0.481 e. The molecule has 0 aliphatic carbocycles. The lowest BCUT2D eigenvalue weighted by Gasteiger charge is -2.28. The third-order valence-corrected chi connectivity index (χ3v) is 2.65. The molecule has 1 aliphatic rings. The van der Waals surface area contributed by atoms with Gasteiger partial charge in [0.15, 0.2) is 0 Å².